The summed E-state index contributed by atoms with van der Waals surface area (Å²) in [6, 6.07) is 1.96. The van der Waals surface area contributed by atoms with Crippen LogP contribution >= 0.6 is 0 Å². The van der Waals surface area contributed by atoms with Crippen LogP contribution in [0.25, 0.3) is 0 Å². The Labute approximate surface area is 130 Å². The Bertz CT molecular complexity index is 672. The first-order valence-corrected chi connectivity index (χ1v) is 7.80. The molecule has 6 nitrogen and oxygen atoms in total. The van der Waals surface area contributed by atoms with Crippen LogP contribution in [0.5, 0.6) is 0 Å². The number of rotatable bonds is 4. The van der Waals surface area contributed by atoms with E-state index < -0.39 is 0 Å². The molecule has 1 aliphatic rings. The molecule has 1 amide bonds. The van der Waals surface area contributed by atoms with E-state index >= 15 is 0 Å². The molecule has 2 aromatic heterocycles. The molecule has 3 heterocycles. The maximum absolute atomic E-state index is 12.4. The zero-order valence-corrected chi connectivity index (χ0v) is 13.5. The average Bonchev–Trinajstić information content (AvgIpc) is 3.16. The molecule has 0 unspecified atom stereocenters. The van der Waals surface area contributed by atoms with E-state index in [-0.39, 0.29) is 5.91 Å². The van der Waals surface area contributed by atoms with Gasteiger partial charge in [0.2, 0.25) is 5.91 Å². The normalized spacial score (nSPS) is 18.1. The van der Waals surface area contributed by atoms with Gasteiger partial charge < -0.3 is 9.47 Å². The third kappa shape index (κ3) is 3.05. The molecule has 0 saturated carbocycles. The Morgan fingerprint density at radius 1 is 1.36 bits per heavy atom. The first kappa shape index (κ1) is 14.8. The topological polar surface area (TPSA) is 56.0 Å². The van der Waals surface area contributed by atoms with Crippen molar-refractivity contribution in [1.29, 1.82) is 0 Å². The molecule has 1 atom stereocenters. The summed E-state index contributed by atoms with van der Waals surface area (Å²) >= 11 is 0. The molecule has 118 valence electrons. The van der Waals surface area contributed by atoms with Gasteiger partial charge in [0.05, 0.1) is 11.4 Å². The van der Waals surface area contributed by atoms with Crippen LogP contribution in [0.15, 0.2) is 18.5 Å². The molecule has 0 spiro atoms. The van der Waals surface area contributed by atoms with Gasteiger partial charge in [-0.2, -0.15) is 5.10 Å². The van der Waals surface area contributed by atoms with Gasteiger partial charge in [0.15, 0.2) is 0 Å². The zero-order chi connectivity index (χ0) is 15.7. The second kappa shape index (κ2) is 5.94. The Kier molecular flexibility index (Phi) is 4.00. The number of amides is 1. The van der Waals surface area contributed by atoms with E-state index in [1.807, 2.05) is 48.9 Å². The second-order valence-electron chi connectivity index (χ2n) is 6.15. The summed E-state index contributed by atoms with van der Waals surface area (Å²) in [5.41, 5.74) is 2.02. The maximum Gasteiger partial charge on any atom is 0.224 e. The van der Waals surface area contributed by atoms with Gasteiger partial charge >= 0.3 is 0 Å². The first-order chi connectivity index (χ1) is 10.5. The van der Waals surface area contributed by atoms with Crippen molar-refractivity contribution in [2.75, 3.05) is 13.1 Å². The lowest BCUT2D eigenvalue weighted by molar-refractivity contribution is -0.130. The van der Waals surface area contributed by atoms with E-state index in [0.717, 1.165) is 36.7 Å². The number of hydrogen-bond acceptors (Lipinski definition) is 3. The fourth-order valence-corrected chi connectivity index (χ4v) is 3.17. The number of carbonyl (C=O) groups is 1. The second-order valence-corrected chi connectivity index (χ2v) is 6.15. The highest BCUT2D eigenvalue weighted by Crippen LogP contribution is 2.26. The molecule has 22 heavy (non-hydrogen) atoms. The highest BCUT2D eigenvalue weighted by atomic mass is 16.2. The number of aryl methyl sites for hydroxylation is 4. The maximum atomic E-state index is 12.4. The van der Waals surface area contributed by atoms with Crippen LogP contribution in [-0.2, 0) is 18.4 Å². The van der Waals surface area contributed by atoms with Gasteiger partial charge in [-0.25, -0.2) is 4.98 Å². The minimum absolute atomic E-state index is 0.210. The third-order valence-corrected chi connectivity index (χ3v) is 4.27. The lowest BCUT2D eigenvalue weighted by Crippen LogP contribution is -2.29. The molecular formula is C16H23N5O. The first-order valence-electron chi connectivity index (χ1n) is 7.80. The van der Waals surface area contributed by atoms with Crippen LogP contribution in [0.3, 0.4) is 0 Å². The van der Waals surface area contributed by atoms with Gasteiger partial charge in [-0.3, -0.25) is 9.48 Å². The zero-order valence-electron chi connectivity index (χ0n) is 13.5. The van der Waals surface area contributed by atoms with Crippen molar-refractivity contribution in [2.24, 2.45) is 7.05 Å². The van der Waals surface area contributed by atoms with Crippen LogP contribution in [-0.4, -0.2) is 43.2 Å². The molecule has 3 rings (SSSR count). The molecule has 6 heteroatoms. The molecular weight excluding hydrogens is 278 g/mol. The van der Waals surface area contributed by atoms with Crippen LogP contribution in [0.1, 0.15) is 36.0 Å². The van der Waals surface area contributed by atoms with Crippen molar-refractivity contribution in [1.82, 2.24) is 24.2 Å². The van der Waals surface area contributed by atoms with E-state index in [1.165, 1.54) is 0 Å². The van der Waals surface area contributed by atoms with E-state index in [1.54, 1.807) is 0 Å². The highest BCUT2D eigenvalue weighted by molar-refractivity contribution is 5.76. The lowest BCUT2D eigenvalue weighted by Gasteiger charge is -2.16. The fourth-order valence-electron chi connectivity index (χ4n) is 3.17. The monoisotopic (exact) mass is 301 g/mol. The van der Waals surface area contributed by atoms with Gasteiger partial charge in [-0.1, -0.05) is 0 Å². The molecule has 0 radical (unpaired) electrons. The predicted octanol–water partition coefficient (Wildman–Crippen LogP) is 1.64. The summed E-state index contributed by atoms with van der Waals surface area (Å²) in [6.45, 7) is 6.22. The summed E-state index contributed by atoms with van der Waals surface area (Å²) < 4.78 is 3.92. The molecule has 1 fully saturated rings. The Morgan fingerprint density at radius 2 is 2.18 bits per heavy atom. The highest BCUT2D eigenvalue weighted by Gasteiger charge is 2.29. The summed E-state index contributed by atoms with van der Waals surface area (Å²) in [5.74, 6) is 1.66. The van der Waals surface area contributed by atoms with Crippen LogP contribution in [0, 0.1) is 13.8 Å². The minimum Gasteiger partial charge on any atom is -0.342 e. The predicted molar refractivity (Wildman–Crippen MR) is 83.5 cm³/mol. The van der Waals surface area contributed by atoms with Gasteiger partial charge in [0.1, 0.15) is 5.82 Å². The Hall–Kier alpha value is -2.11. The van der Waals surface area contributed by atoms with Gasteiger partial charge in [0.25, 0.3) is 0 Å². The van der Waals surface area contributed by atoms with E-state index in [4.69, 9.17) is 0 Å². The average molecular weight is 301 g/mol. The van der Waals surface area contributed by atoms with Crippen molar-refractivity contribution in [3.05, 3.63) is 35.7 Å². The SMILES string of the molecule is Cc1cn(C)c([C@H]2CCN(C(=O)CCn3ccc(C)n3)C2)n1. The van der Waals surface area contributed by atoms with Crippen LogP contribution in [0.4, 0.5) is 0 Å². The number of likely N-dealkylation sites (tertiary alicyclic amines) is 1. The third-order valence-electron chi connectivity index (χ3n) is 4.27. The summed E-state index contributed by atoms with van der Waals surface area (Å²) in [6.07, 6.45) is 5.47. The molecule has 0 aliphatic carbocycles. The van der Waals surface area contributed by atoms with Gasteiger partial charge in [-0.05, 0) is 26.3 Å². The molecule has 1 saturated heterocycles. The molecule has 1 aliphatic heterocycles. The van der Waals surface area contributed by atoms with Gasteiger partial charge in [-0.15, -0.1) is 0 Å². The van der Waals surface area contributed by atoms with Crippen molar-refractivity contribution in [3.63, 3.8) is 0 Å². The number of hydrogen-bond donors (Lipinski definition) is 0. The summed E-state index contributed by atoms with van der Waals surface area (Å²) in [4.78, 5) is 18.9. The van der Waals surface area contributed by atoms with Crippen LogP contribution < -0.4 is 0 Å². The van der Waals surface area contributed by atoms with E-state index in [9.17, 15) is 4.79 Å². The Balaban J connectivity index is 1.55. The molecule has 0 aromatic carbocycles. The quantitative estimate of drug-likeness (QED) is 0.862. The smallest absolute Gasteiger partial charge is 0.224 e. The Morgan fingerprint density at radius 3 is 2.82 bits per heavy atom. The number of aromatic nitrogens is 4. The van der Waals surface area contributed by atoms with E-state index in [0.29, 0.717) is 18.9 Å². The van der Waals surface area contributed by atoms with Gasteiger partial charge in [0, 0.05) is 51.4 Å². The van der Waals surface area contributed by atoms with Crippen LogP contribution in [0.2, 0.25) is 0 Å². The van der Waals surface area contributed by atoms with Crippen molar-refractivity contribution >= 4 is 5.91 Å². The van der Waals surface area contributed by atoms with Crippen molar-refractivity contribution < 1.29 is 4.79 Å². The molecule has 0 bridgehead atoms. The number of imidazole rings is 1. The fraction of sp³-hybridized carbons (Fsp3) is 0.562. The van der Waals surface area contributed by atoms with Crippen molar-refractivity contribution in [3.8, 4) is 0 Å². The summed E-state index contributed by atoms with van der Waals surface area (Å²) in [5, 5.41) is 4.32. The number of nitrogens with zero attached hydrogens (tertiary/aromatic N) is 5. The van der Waals surface area contributed by atoms with E-state index in [2.05, 4.69) is 14.6 Å². The minimum atomic E-state index is 0.210. The standard InChI is InChI=1S/C16H23N5O/c1-12-4-8-21(18-12)9-6-15(22)20-7-5-14(11-20)16-17-13(2)10-19(16)3/h4,8,10,14H,5-7,9,11H2,1-3H3/t14-/m0/s1. The summed E-state index contributed by atoms with van der Waals surface area (Å²) in [7, 11) is 2.03. The molecule has 0 N–H and O–H groups in total. The van der Waals surface area contributed by atoms with Crippen molar-refractivity contribution in [2.45, 2.75) is 39.2 Å². The molecule has 2 aromatic rings. The largest absolute Gasteiger partial charge is 0.342 e. The lowest BCUT2D eigenvalue weighted by atomic mass is 10.1. The number of carbonyl (C=O) groups excluding carboxylic acids is 1.